The third-order valence-electron chi connectivity index (χ3n) is 3.98. The van der Waals surface area contributed by atoms with E-state index in [1.54, 1.807) is 0 Å². The van der Waals surface area contributed by atoms with Gasteiger partial charge in [-0.3, -0.25) is 0 Å². The minimum atomic E-state index is 0.138. The number of hydrogen-bond donors (Lipinski definition) is 1. The zero-order chi connectivity index (χ0) is 14.8. The lowest BCUT2D eigenvalue weighted by Crippen LogP contribution is -2.18. The first-order valence-electron chi connectivity index (χ1n) is 7.86. The van der Waals surface area contributed by atoms with E-state index >= 15 is 0 Å². The molecular formula is C18H29NO. The summed E-state index contributed by atoms with van der Waals surface area (Å²) in [6.45, 7) is 10.1. The van der Waals surface area contributed by atoms with E-state index in [1.165, 1.54) is 17.5 Å². The van der Waals surface area contributed by atoms with Crippen LogP contribution in [0, 0.1) is 11.3 Å². The Bertz CT molecular complexity index is 447. The van der Waals surface area contributed by atoms with Crippen LogP contribution in [0.25, 0.3) is 0 Å². The molecule has 0 aliphatic carbocycles. The molecule has 2 heteroatoms. The molecule has 0 fully saturated rings. The minimum absolute atomic E-state index is 0.138. The maximum absolute atomic E-state index is 6.41. The summed E-state index contributed by atoms with van der Waals surface area (Å²) in [4.78, 5) is 0. The Hall–Kier alpha value is -1.02. The van der Waals surface area contributed by atoms with Crippen molar-refractivity contribution in [3.63, 3.8) is 0 Å². The maximum atomic E-state index is 6.41. The van der Waals surface area contributed by atoms with Gasteiger partial charge in [-0.15, -0.1) is 0 Å². The highest BCUT2D eigenvalue weighted by molar-refractivity contribution is 5.39. The molecule has 1 aliphatic heterocycles. The summed E-state index contributed by atoms with van der Waals surface area (Å²) in [6.07, 6.45) is 4.51. The number of nitrogens with two attached hydrogens (primary N) is 1. The van der Waals surface area contributed by atoms with Crippen LogP contribution in [-0.4, -0.2) is 6.61 Å². The molecule has 0 amide bonds. The summed E-state index contributed by atoms with van der Waals surface area (Å²) < 4.78 is 5.66. The van der Waals surface area contributed by atoms with E-state index in [-0.39, 0.29) is 6.04 Å². The van der Waals surface area contributed by atoms with Crippen molar-refractivity contribution < 1.29 is 4.74 Å². The van der Waals surface area contributed by atoms with Gasteiger partial charge in [0.2, 0.25) is 0 Å². The van der Waals surface area contributed by atoms with Gasteiger partial charge in [0.1, 0.15) is 5.75 Å². The van der Waals surface area contributed by atoms with Gasteiger partial charge in [0.15, 0.2) is 0 Å². The van der Waals surface area contributed by atoms with Gasteiger partial charge in [-0.1, -0.05) is 39.8 Å². The number of hydrogen-bond acceptors (Lipinski definition) is 2. The maximum Gasteiger partial charge on any atom is 0.122 e. The van der Waals surface area contributed by atoms with E-state index < -0.39 is 0 Å². The van der Waals surface area contributed by atoms with Crippen LogP contribution in [0.2, 0.25) is 0 Å². The molecule has 0 spiro atoms. The van der Waals surface area contributed by atoms with E-state index in [4.69, 9.17) is 10.5 Å². The summed E-state index contributed by atoms with van der Waals surface area (Å²) in [5.74, 6) is 1.70. The first kappa shape index (κ1) is 15.4. The van der Waals surface area contributed by atoms with Crippen LogP contribution in [0.4, 0.5) is 0 Å². The monoisotopic (exact) mass is 275 g/mol. The summed E-state index contributed by atoms with van der Waals surface area (Å²) in [5, 5.41) is 0. The summed E-state index contributed by atoms with van der Waals surface area (Å²) in [6, 6.07) is 6.62. The molecule has 2 N–H and O–H groups in total. The number of ether oxygens (including phenoxy) is 1. The Morgan fingerprint density at radius 3 is 2.75 bits per heavy atom. The Morgan fingerprint density at radius 1 is 1.30 bits per heavy atom. The van der Waals surface area contributed by atoms with Crippen LogP contribution in [-0.2, 0) is 6.42 Å². The fourth-order valence-electron chi connectivity index (χ4n) is 3.31. The van der Waals surface area contributed by atoms with Gasteiger partial charge in [0, 0.05) is 6.04 Å². The van der Waals surface area contributed by atoms with E-state index in [2.05, 4.69) is 45.9 Å². The minimum Gasteiger partial charge on any atom is -0.493 e. The second kappa shape index (κ2) is 6.17. The van der Waals surface area contributed by atoms with Gasteiger partial charge < -0.3 is 10.5 Å². The van der Waals surface area contributed by atoms with Crippen molar-refractivity contribution in [1.29, 1.82) is 0 Å². The van der Waals surface area contributed by atoms with Gasteiger partial charge >= 0.3 is 0 Å². The average Bonchev–Trinajstić information content (AvgIpc) is 2.35. The molecule has 1 heterocycles. The molecule has 1 aliphatic rings. The lowest BCUT2D eigenvalue weighted by atomic mass is 9.82. The topological polar surface area (TPSA) is 35.2 Å². The fourth-order valence-corrected chi connectivity index (χ4v) is 3.31. The molecule has 1 aromatic carbocycles. The van der Waals surface area contributed by atoms with Crippen molar-refractivity contribution >= 4 is 0 Å². The Balaban J connectivity index is 2.00. The Kier molecular flexibility index (Phi) is 4.74. The largest absolute Gasteiger partial charge is 0.493 e. The van der Waals surface area contributed by atoms with Crippen molar-refractivity contribution in [2.24, 2.45) is 17.1 Å². The molecule has 0 bridgehead atoms. The Labute approximate surface area is 123 Å². The molecule has 2 atom stereocenters. The highest BCUT2D eigenvalue weighted by Gasteiger charge is 2.19. The van der Waals surface area contributed by atoms with Crippen molar-refractivity contribution in [3.8, 4) is 5.75 Å². The lowest BCUT2D eigenvalue weighted by Gasteiger charge is -2.26. The number of fused-ring (bicyclic) bond motifs is 1. The van der Waals surface area contributed by atoms with Gasteiger partial charge in [0.05, 0.1) is 6.61 Å². The van der Waals surface area contributed by atoms with Gasteiger partial charge in [-0.05, 0) is 54.2 Å². The van der Waals surface area contributed by atoms with E-state index in [0.717, 1.165) is 31.6 Å². The quantitative estimate of drug-likeness (QED) is 0.879. The van der Waals surface area contributed by atoms with Crippen LogP contribution in [0.1, 0.15) is 64.1 Å². The Morgan fingerprint density at radius 2 is 2.05 bits per heavy atom. The summed E-state index contributed by atoms with van der Waals surface area (Å²) in [7, 11) is 0. The van der Waals surface area contributed by atoms with Crippen molar-refractivity contribution in [3.05, 3.63) is 29.3 Å². The molecule has 0 aromatic heterocycles. The first-order valence-corrected chi connectivity index (χ1v) is 7.86. The smallest absolute Gasteiger partial charge is 0.122 e. The highest BCUT2D eigenvalue weighted by atomic mass is 16.5. The highest BCUT2D eigenvalue weighted by Crippen LogP contribution is 2.32. The molecule has 2 unspecified atom stereocenters. The lowest BCUT2D eigenvalue weighted by molar-refractivity contribution is 0.284. The van der Waals surface area contributed by atoms with Crippen LogP contribution >= 0.6 is 0 Å². The number of aryl methyl sites for hydroxylation is 1. The van der Waals surface area contributed by atoms with Crippen LogP contribution in [0.5, 0.6) is 5.75 Å². The third-order valence-corrected chi connectivity index (χ3v) is 3.98. The number of rotatable bonds is 4. The van der Waals surface area contributed by atoms with Crippen molar-refractivity contribution in [2.45, 2.75) is 59.4 Å². The van der Waals surface area contributed by atoms with Crippen LogP contribution < -0.4 is 10.5 Å². The third kappa shape index (κ3) is 4.24. The zero-order valence-electron chi connectivity index (χ0n) is 13.4. The molecule has 1 aromatic rings. The zero-order valence-corrected chi connectivity index (χ0v) is 13.4. The molecule has 0 saturated heterocycles. The van der Waals surface area contributed by atoms with Gasteiger partial charge in [0.25, 0.3) is 0 Å². The molecule has 2 rings (SSSR count). The van der Waals surface area contributed by atoms with Crippen LogP contribution in [0.3, 0.4) is 0 Å². The van der Waals surface area contributed by atoms with Gasteiger partial charge in [-0.25, -0.2) is 0 Å². The summed E-state index contributed by atoms with van der Waals surface area (Å²) >= 11 is 0. The second-order valence-corrected chi connectivity index (χ2v) is 7.53. The predicted molar refractivity (Wildman–Crippen MR) is 85.0 cm³/mol. The molecule has 112 valence electrons. The molecule has 0 saturated carbocycles. The fraction of sp³-hybridized carbons (Fsp3) is 0.667. The predicted octanol–water partition coefficient (Wildman–Crippen LogP) is 4.47. The van der Waals surface area contributed by atoms with E-state index in [1.807, 2.05) is 0 Å². The molecule has 2 nitrogen and oxygen atoms in total. The van der Waals surface area contributed by atoms with E-state index in [0.29, 0.717) is 11.3 Å². The second-order valence-electron chi connectivity index (χ2n) is 7.53. The standard InChI is InChI=1S/C18H29NO/c1-13(12-18(2,3)4)10-16(19)14-7-8-17-15(11-14)6-5-9-20-17/h7-8,11,13,16H,5-6,9-10,12,19H2,1-4H3. The molecule has 0 radical (unpaired) electrons. The van der Waals surface area contributed by atoms with Crippen molar-refractivity contribution in [2.75, 3.05) is 6.61 Å². The van der Waals surface area contributed by atoms with Crippen LogP contribution in [0.15, 0.2) is 18.2 Å². The normalized spacial score (nSPS) is 18.1. The average molecular weight is 275 g/mol. The van der Waals surface area contributed by atoms with Gasteiger partial charge in [-0.2, -0.15) is 0 Å². The first-order chi connectivity index (χ1) is 9.35. The number of benzene rings is 1. The molecular weight excluding hydrogens is 246 g/mol. The SMILES string of the molecule is CC(CC(N)c1ccc2c(c1)CCCO2)CC(C)(C)C. The summed E-state index contributed by atoms with van der Waals surface area (Å²) in [5.41, 5.74) is 9.37. The molecule has 20 heavy (non-hydrogen) atoms. The van der Waals surface area contributed by atoms with E-state index in [9.17, 15) is 0 Å². The van der Waals surface area contributed by atoms with Crippen molar-refractivity contribution in [1.82, 2.24) is 0 Å².